The first-order valence-electron chi connectivity index (χ1n) is 6.38. The van der Waals surface area contributed by atoms with Gasteiger partial charge in [-0.3, -0.25) is 9.69 Å². The van der Waals surface area contributed by atoms with E-state index in [1.165, 1.54) is 4.90 Å². The summed E-state index contributed by atoms with van der Waals surface area (Å²) in [5.41, 5.74) is -0.330. The van der Waals surface area contributed by atoms with Gasteiger partial charge in [-0.1, -0.05) is 18.2 Å². The summed E-state index contributed by atoms with van der Waals surface area (Å²) < 4.78 is 5.09. The standard InChI is InChI=1S/C14H17N3O3/c1-3-20-13(19)14(2)9-11(16-15)12(18)17(14)10-7-5-4-6-8-10/h4-8H,3,9,15H2,1-2H3/b16-11+. The normalized spacial score (nSPS) is 24.2. The maximum atomic E-state index is 12.4. The van der Waals surface area contributed by atoms with Crippen LogP contribution in [0.5, 0.6) is 0 Å². The highest BCUT2D eigenvalue weighted by Gasteiger charge is 2.53. The van der Waals surface area contributed by atoms with Crippen LogP contribution < -0.4 is 10.7 Å². The van der Waals surface area contributed by atoms with Crippen molar-refractivity contribution < 1.29 is 14.3 Å². The number of esters is 1. The molecular formula is C14H17N3O3. The van der Waals surface area contributed by atoms with Crippen molar-refractivity contribution >= 4 is 23.3 Å². The third-order valence-corrected chi connectivity index (χ3v) is 3.34. The summed E-state index contributed by atoms with van der Waals surface area (Å²) in [4.78, 5) is 26.0. The van der Waals surface area contributed by atoms with E-state index < -0.39 is 11.5 Å². The average Bonchev–Trinajstić information content (AvgIpc) is 2.72. The number of hydrogen-bond donors (Lipinski definition) is 1. The number of hydrazone groups is 1. The first-order valence-corrected chi connectivity index (χ1v) is 6.38. The van der Waals surface area contributed by atoms with E-state index in [0.29, 0.717) is 5.69 Å². The molecule has 0 aromatic heterocycles. The Labute approximate surface area is 117 Å². The Morgan fingerprint density at radius 3 is 2.65 bits per heavy atom. The Morgan fingerprint density at radius 2 is 2.10 bits per heavy atom. The first-order chi connectivity index (χ1) is 9.54. The van der Waals surface area contributed by atoms with Crippen LogP contribution in [0.3, 0.4) is 0 Å². The minimum Gasteiger partial charge on any atom is -0.464 e. The highest BCUT2D eigenvalue weighted by Crippen LogP contribution is 2.34. The molecule has 1 unspecified atom stereocenters. The van der Waals surface area contributed by atoms with E-state index in [1.807, 2.05) is 6.07 Å². The zero-order valence-electron chi connectivity index (χ0n) is 11.5. The lowest BCUT2D eigenvalue weighted by atomic mass is 9.98. The van der Waals surface area contributed by atoms with Gasteiger partial charge >= 0.3 is 5.97 Å². The number of carbonyl (C=O) groups is 2. The molecule has 0 aliphatic carbocycles. The molecule has 6 heteroatoms. The van der Waals surface area contributed by atoms with E-state index in [0.717, 1.165) is 0 Å². The highest BCUT2D eigenvalue weighted by atomic mass is 16.5. The molecular weight excluding hydrogens is 258 g/mol. The largest absolute Gasteiger partial charge is 0.464 e. The second kappa shape index (κ2) is 5.32. The summed E-state index contributed by atoms with van der Waals surface area (Å²) in [5.74, 6) is 4.42. The van der Waals surface area contributed by atoms with Gasteiger partial charge in [-0.25, -0.2) is 4.79 Å². The zero-order chi connectivity index (χ0) is 14.8. The zero-order valence-corrected chi connectivity index (χ0v) is 11.5. The molecule has 1 amide bonds. The van der Waals surface area contributed by atoms with Crippen LogP contribution in [0.2, 0.25) is 0 Å². The van der Waals surface area contributed by atoms with Gasteiger partial charge in [-0.2, -0.15) is 5.10 Å². The Morgan fingerprint density at radius 1 is 1.45 bits per heavy atom. The Balaban J connectivity index is 2.49. The van der Waals surface area contributed by atoms with Crippen molar-refractivity contribution in [3.05, 3.63) is 30.3 Å². The molecule has 1 atom stereocenters. The molecule has 1 aromatic rings. The molecule has 2 N–H and O–H groups in total. The van der Waals surface area contributed by atoms with Gasteiger partial charge in [0.15, 0.2) is 0 Å². The van der Waals surface area contributed by atoms with Crippen LogP contribution in [0.4, 0.5) is 5.69 Å². The van der Waals surface area contributed by atoms with Crippen molar-refractivity contribution in [1.29, 1.82) is 0 Å². The average molecular weight is 275 g/mol. The fourth-order valence-corrected chi connectivity index (χ4v) is 2.36. The molecule has 20 heavy (non-hydrogen) atoms. The van der Waals surface area contributed by atoms with Gasteiger partial charge in [0.1, 0.15) is 11.3 Å². The molecule has 0 spiro atoms. The van der Waals surface area contributed by atoms with Crippen molar-refractivity contribution in [2.24, 2.45) is 10.9 Å². The second-order valence-corrected chi connectivity index (χ2v) is 4.72. The van der Waals surface area contributed by atoms with E-state index >= 15 is 0 Å². The number of nitrogens with two attached hydrogens (primary N) is 1. The van der Waals surface area contributed by atoms with Crippen molar-refractivity contribution in [1.82, 2.24) is 0 Å². The summed E-state index contributed by atoms with van der Waals surface area (Å²) in [7, 11) is 0. The van der Waals surface area contributed by atoms with Crippen molar-refractivity contribution in [2.75, 3.05) is 11.5 Å². The van der Waals surface area contributed by atoms with Gasteiger partial charge in [-0.05, 0) is 26.0 Å². The molecule has 106 valence electrons. The molecule has 1 aliphatic heterocycles. The predicted octanol–water partition coefficient (Wildman–Crippen LogP) is 1.06. The van der Waals surface area contributed by atoms with E-state index in [2.05, 4.69) is 5.10 Å². The second-order valence-electron chi connectivity index (χ2n) is 4.72. The molecule has 1 saturated heterocycles. The summed E-state index contributed by atoms with van der Waals surface area (Å²) in [5, 5.41) is 3.50. The molecule has 1 heterocycles. The van der Waals surface area contributed by atoms with Gasteiger partial charge < -0.3 is 10.6 Å². The molecule has 0 saturated carbocycles. The van der Waals surface area contributed by atoms with Crippen LogP contribution in [0.15, 0.2) is 35.4 Å². The van der Waals surface area contributed by atoms with Crippen LogP contribution >= 0.6 is 0 Å². The fraction of sp³-hybridized carbons (Fsp3) is 0.357. The monoisotopic (exact) mass is 275 g/mol. The van der Waals surface area contributed by atoms with Crippen molar-refractivity contribution in [3.63, 3.8) is 0 Å². The smallest absolute Gasteiger partial charge is 0.332 e. The van der Waals surface area contributed by atoms with Crippen LogP contribution in [-0.4, -0.2) is 29.7 Å². The van der Waals surface area contributed by atoms with Crippen LogP contribution in [-0.2, 0) is 14.3 Å². The molecule has 6 nitrogen and oxygen atoms in total. The molecule has 1 aromatic carbocycles. The van der Waals surface area contributed by atoms with Gasteiger partial charge in [0.05, 0.1) is 6.61 Å². The lowest BCUT2D eigenvalue weighted by Gasteiger charge is -2.32. The quantitative estimate of drug-likeness (QED) is 0.508. The Hall–Kier alpha value is -2.37. The third kappa shape index (κ3) is 2.13. The van der Waals surface area contributed by atoms with Gasteiger partial charge in [0.2, 0.25) is 0 Å². The SMILES string of the molecule is CCOC(=O)C1(C)C/C(=N\N)C(=O)N1c1ccccc1. The Bertz CT molecular complexity index is 556. The number of para-hydroxylation sites is 1. The minimum atomic E-state index is -1.12. The minimum absolute atomic E-state index is 0.135. The number of carbonyl (C=O) groups excluding carboxylic acids is 2. The van der Waals surface area contributed by atoms with Crippen molar-refractivity contribution in [3.8, 4) is 0 Å². The van der Waals surface area contributed by atoms with Gasteiger partial charge in [0.25, 0.3) is 5.91 Å². The number of nitrogens with zero attached hydrogens (tertiary/aromatic N) is 2. The lowest BCUT2D eigenvalue weighted by Crippen LogP contribution is -2.50. The number of benzene rings is 1. The Kier molecular flexibility index (Phi) is 3.74. The molecule has 2 rings (SSSR count). The summed E-state index contributed by atoms with van der Waals surface area (Å²) in [6, 6.07) is 8.95. The molecule has 1 fully saturated rings. The van der Waals surface area contributed by atoms with E-state index in [4.69, 9.17) is 10.6 Å². The topological polar surface area (TPSA) is 85.0 Å². The van der Waals surface area contributed by atoms with E-state index in [9.17, 15) is 9.59 Å². The van der Waals surface area contributed by atoms with E-state index in [1.54, 1.807) is 38.1 Å². The number of hydrogen-bond acceptors (Lipinski definition) is 5. The highest BCUT2D eigenvalue weighted by molar-refractivity contribution is 6.48. The maximum Gasteiger partial charge on any atom is 0.332 e. The summed E-state index contributed by atoms with van der Waals surface area (Å²) in [6.45, 7) is 3.64. The number of anilines is 1. The predicted molar refractivity (Wildman–Crippen MR) is 75.2 cm³/mol. The number of rotatable bonds is 3. The molecule has 1 aliphatic rings. The first kappa shape index (κ1) is 14.0. The van der Waals surface area contributed by atoms with Crippen LogP contribution in [0.25, 0.3) is 0 Å². The third-order valence-electron chi connectivity index (χ3n) is 3.34. The van der Waals surface area contributed by atoms with Crippen molar-refractivity contribution in [2.45, 2.75) is 25.8 Å². The lowest BCUT2D eigenvalue weighted by molar-refractivity contribution is -0.149. The van der Waals surface area contributed by atoms with E-state index in [-0.39, 0.29) is 24.6 Å². The van der Waals surface area contributed by atoms with Crippen LogP contribution in [0, 0.1) is 0 Å². The maximum absolute atomic E-state index is 12.4. The number of amides is 1. The van der Waals surface area contributed by atoms with Gasteiger partial charge in [0, 0.05) is 12.1 Å². The molecule has 0 radical (unpaired) electrons. The fourth-order valence-electron chi connectivity index (χ4n) is 2.36. The van der Waals surface area contributed by atoms with Gasteiger partial charge in [-0.15, -0.1) is 0 Å². The summed E-state index contributed by atoms with van der Waals surface area (Å²) in [6.07, 6.45) is 0.135. The summed E-state index contributed by atoms with van der Waals surface area (Å²) >= 11 is 0. The number of ether oxygens (including phenoxy) is 1. The molecule has 0 bridgehead atoms. The van der Waals surface area contributed by atoms with Crippen LogP contribution in [0.1, 0.15) is 20.3 Å².